The van der Waals surface area contributed by atoms with E-state index < -0.39 is 5.54 Å². The minimum Gasteiger partial charge on any atom is -0.507 e. The minimum atomic E-state index is -0.932. The van der Waals surface area contributed by atoms with Gasteiger partial charge in [-0.2, -0.15) is 0 Å². The molecule has 3 aromatic carbocycles. The average Bonchev–Trinajstić information content (AvgIpc) is 3.09. The summed E-state index contributed by atoms with van der Waals surface area (Å²) in [5, 5.41) is 25.5. The van der Waals surface area contributed by atoms with Gasteiger partial charge in [0.05, 0.1) is 11.3 Å². The van der Waals surface area contributed by atoms with Crippen molar-refractivity contribution in [2.75, 3.05) is 16.8 Å². The summed E-state index contributed by atoms with van der Waals surface area (Å²) < 4.78 is 13.8. The molecule has 2 aliphatic heterocycles. The number of unbranched alkanes of at least 4 members (excludes halogenated alkanes) is 1. The number of halogens is 1. The summed E-state index contributed by atoms with van der Waals surface area (Å²) >= 11 is 0. The maximum Gasteiger partial charge on any atom is 0.139 e. The monoisotopic (exact) mass is 402 g/mol. The molecule has 3 aromatic rings. The topological polar surface area (TPSA) is 55.7 Å². The molecule has 0 radical (unpaired) electrons. The second-order valence-electron chi connectivity index (χ2n) is 7.84. The average molecular weight is 402 g/mol. The van der Waals surface area contributed by atoms with Crippen LogP contribution in [0.25, 0.3) is 5.57 Å². The van der Waals surface area contributed by atoms with Gasteiger partial charge in [0.25, 0.3) is 0 Å². The van der Waals surface area contributed by atoms with Crippen LogP contribution in [0.2, 0.25) is 0 Å². The Morgan fingerprint density at radius 3 is 2.47 bits per heavy atom. The summed E-state index contributed by atoms with van der Waals surface area (Å²) in [6, 6.07) is 17.3. The number of nitrogens with zero attached hydrogens (tertiary/aromatic N) is 1. The zero-order valence-electron chi connectivity index (χ0n) is 16.7. The third kappa shape index (κ3) is 2.51. The van der Waals surface area contributed by atoms with Crippen molar-refractivity contribution >= 4 is 16.9 Å². The highest BCUT2D eigenvalue weighted by molar-refractivity contribution is 5.99. The van der Waals surface area contributed by atoms with Crippen LogP contribution >= 0.6 is 0 Å². The highest BCUT2D eigenvalue weighted by atomic mass is 19.1. The number of rotatable bonds is 4. The van der Waals surface area contributed by atoms with Gasteiger partial charge in [-0.25, -0.2) is 4.39 Å². The third-order valence-electron chi connectivity index (χ3n) is 6.06. The van der Waals surface area contributed by atoms with Crippen LogP contribution in [0, 0.1) is 5.82 Å². The third-order valence-corrected chi connectivity index (χ3v) is 6.06. The van der Waals surface area contributed by atoms with Crippen molar-refractivity contribution < 1.29 is 14.6 Å². The van der Waals surface area contributed by atoms with Gasteiger partial charge in [-0.3, -0.25) is 0 Å². The van der Waals surface area contributed by atoms with Gasteiger partial charge in [0.2, 0.25) is 0 Å². The number of phenols is 2. The van der Waals surface area contributed by atoms with Gasteiger partial charge in [-0.15, -0.1) is 0 Å². The first-order valence-electron chi connectivity index (χ1n) is 10.2. The quantitative estimate of drug-likeness (QED) is 0.500. The number of phenolic OH excluding ortho intramolecular Hbond substituents is 2. The predicted octanol–water partition coefficient (Wildman–Crippen LogP) is 5.57. The summed E-state index contributed by atoms with van der Waals surface area (Å²) in [5.41, 5.74) is 3.95. The summed E-state index contributed by atoms with van der Waals surface area (Å²) in [6.07, 6.45) is 4.00. The van der Waals surface area contributed by atoms with Gasteiger partial charge < -0.3 is 20.4 Å². The molecule has 0 saturated carbocycles. The molecule has 4 nitrogen and oxygen atoms in total. The fourth-order valence-electron chi connectivity index (χ4n) is 4.69. The second-order valence-corrected chi connectivity index (χ2v) is 7.84. The highest BCUT2D eigenvalue weighted by Crippen LogP contribution is 2.60. The Kier molecular flexibility index (Phi) is 4.21. The molecule has 1 unspecified atom stereocenters. The SMILES string of the molecule is CCCCN1C=C2c3ccccc3NC2(c2ccc(F)cc2)c2c(O)ccc(O)c21. The lowest BCUT2D eigenvalue weighted by Gasteiger charge is -2.42. The van der Waals surface area contributed by atoms with Gasteiger partial charge in [0.15, 0.2) is 0 Å². The van der Waals surface area contributed by atoms with Crippen LogP contribution in [0.5, 0.6) is 11.5 Å². The lowest BCUT2D eigenvalue weighted by atomic mass is 9.74. The maximum absolute atomic E-state index is 13.8. The molecule has 1 atom stereocenters. The van der Waals surface area contributed by atoms with Crippen molar-refractivity contribution in [1.29, 1.82) is 0 Å². The molecule has 0 spiro atoms. The van der Waals surface area contributed by atoms with Crippen LogP contribution in [0.4, 0.5) is 15.8 Å². The van der Waals surface area contributed by atoms with Gasteiger partial charge in [-0.1, -0.05) is 43.7 Å². The Morgan fingerprint density at radius 1 is 0.967 bits per heavy atom. The van der Waals surface area contributed by atoms with Crippen LogP contribution < -0.4 is 10.2 Å². The van der Waals surface area contributed by atoms with E-state index in [-0.39, 0.29) is 17.3 Å². The standard InChI is InChI=1S/C25H23FN2O2/c1-2-3-14-28-15-19-18-6-4-5-7-20(18)27-25(19,16-8-10-17(26)11-9-16)23-21(29)12-13-22(30)24(23)28/h4-13,15,27,29-30H,2-3,14H2,1H3. The van der Waals surface area contributed by atoms with Crippen LogP contribution in [-0.2, 0) is 5.54 Å². The molecule has 0 aliphatic carbocycles. The van der Waals surface area contributed by atoms with Crippen molar-refractivity contribution in [2.45, 2.75) is 25.3 Å². The zero-order valence-corrected chi connectivity index (χ0v) is 16.7. The van der Waals surface area contributed by atoms with Crippen LogP contribution in [-0.4, -0.2) is 16.8 Å². The van der Waals surface area contributed by atoms with Crippen LogP contribution in [0.15, 0.2) is 66.9 Å². The van der Waals surface area contributed by atoms with Crippen molar-refractivity contribution in [1.82, 2.24) is 0 Å². The number of fused-ring (bicyclic) bond motifs is 5. The fraction of sp³-hybridized carbons (Fsp3) is 0.200. The first-order chi connectivity index (χ1) is 14.6. The van der Waals surface area contributed by atoms with E-state index in [1.54, 1.807) is 12.1 Å². The smallest absolute Gasteiger partial charge is 0.139 e. The Hall–Kier alpha value is -3.47. The molecule has 3 N–H and O–H groups in total. The van der Waals surface area contributed by atoms with Crippen molar-refractivity contribution in [2.24, 2.45) is 0 Å². The molecule has 0 amide bonds. The van der Waals surface area contributed by atoms with E-state index in [0.29, 0.717) is 17.8 Å². The summed E-state index contributed by atoms with van der Waals surface area (Å²) in [6.45, 7) is 2.83. The van der Waals surface area contributed by atoms with Gasteiger partial charge in [0, 0.05) is 29.6 Å². The van der Waals surface area contributed by atoms with Crippen LogP contribution in [0.1, 0.15) is 36.5 Å². The van der Waals surface area contributed by atoms with E-state index in [2.05, 4.69) is 18.4 Å². The Morgan fingerprint density at radius 2 is 1.70 bits per heavy atom. The van der Waals surface area contributed by atoms with E-state index in [1.165, 1.54) is 24.3 Å². The molecule has 152 valence electrons. The van der Waals surface area contributed by atoms with Crippen LogP contribution in [0.3, 0.4) is 0 Å². The summed E-state index contributed by atoms with van der Waals surface area (Å²) in [5.74, 6) is -0.134. The molecule has 30 heavy (non-hydrogen) atoms. The molecule has 2 heterocycles. The number of hydrogen-bond donors (Lipinski definition) is 3. The number of hydrogen-bond acceptors (Lipinski definition) is 4. The maximum atomic E-state index is 13.8. The number of benzene rings is 3. The van der Waals surface area contributed by atoms with Crippen molar-refractivity contribution in [3.8, 4) is 11.5 Å². The Bertz CT molecular complexity index is 1160. The highest BCUT2D eigenvalue weighted by Gasteiger charge is 2.51. The van der Waals surface area contributed by atoms with E-state index in [0.717, 1.165) is 35.2 Å². The minimum absolute atomic E-state index is 0.0829. The van der Waals surface area contributed by atoms with E-state index >= 15 is 0 Å². The van der Waals surface area contributed by atoms with Gasteiger partial charge >= 0.3 is 0 Å². The first-order valence-corrected chi connectivity index (χ1v) is 10.2. The number of nitrogens with one attached hydrogen (secondary N) is 1. The fourth-order valence-corrected chi connectivity index (χ4v) is 4.69. The van der Waals surface area contributed by atoms with Crippen molar-refractivity contribution in [3.63, 3.8) is 0 Å². The summed E-state index contributed by atoms with van der Waals surface area (Å²) in [4.78, 5) is 2.02. The lowest BCUT2D eigenvalue weighted by molar-refractivity contribution is 0.447. The molecule has 0 fully saturated rings. The Labute approximate surface area is 174 Å². The number of aromatic hydroxyl groups is 2. The zero-order chi connectivity index (χ0) is 20.9. The van der Waals surface area contributed by atoms with Gasteiger partial charge in [0.1, 0.15) is 22.9 Å². The normalized spacial score (nSPS) is 18.9. The summed E-state index contributed by atoms with van der Waals surface area (Å²) in [7, 11) is 0. The number of anilines is 2. The first kappa shape index (κ1) is 18.6. The van der Waals surface area contributed by atoms with E-state index in [9.17, 15) is 14.6 Å². The molecule has 0 aromatic heterocycles. The molecule has 5 heteroatoms. The molecule has 2 aliphatic rings. The van der Waals surface area contributed by atoms with E-state index in [4.69, 9.17) is 0 Å². The number of para-hydroxylation sites is 1. The largest absolute Gasteiger partial charge is 0.507 e. The second kappa shape index (κ2) is 6.80. The molecule has 0 bridgehead atoms. The molecular formula is C25H23FN2O2. The molecular weight excluding hydrogens is 379 g/mol. The van der Waals surface area contributed by atoms with Gasteiger partial charge in [-0.05, 0) is 42.3 Å². The molecule has 5 rings (SSSR count). The van der Waals surface area contributed by atoms with Crippen molar-refractivity contribution in [3.05, 3.63) is 89.4 Å². The van der Waals surface area contributed by atoms with E-state index in [1.807, 2.05) is 29.2 Å². The lowest BCUT2D eigenvalue weighted by Crippen LogP contribution is -2.40. The predicted molar refractivity (Wildman–Crippen MR) is 117 cm³/mol. The molecule has 0 saturated heterocycles. The Balaban J connectivity index is 1.85.